The lowest BCUT2D eigenvalue weighted by Gasteiger charge is -2.20. The van der Waals surface area contributed by atoms with Crippen LogP contribution in [0.4, 0.5) is 5.69 Å². The molecule has 0 spiro atoms. The molecule has 0 saturated heterocycles. The second-order valence-electron chi connectivity index (χ2n) is 5.03. The van der Waals surface area contributed by atoms with Crippen molar-refractivity contribution in [2.45, 2.75) is 4.90 Å². The van der Waals surface area contributed by atoms with E-state index in [1.807, 2.05) is 0 Å². The van der Waals surface area contributed by atoms with Crippen LogP contribution in [0.2, 0.25) is 0 Å². The molecule has 2 aromatic carbocycles. The van der Waals surface area contributed by atoms with Crippen LogP contribution in [-0.4, -0.2) is 29.1 Å². The first kappa shape index (κ1) is 14.0. The monoisotopic (exact) mass is 335 g/mol. The summed E-state index contributed by atoms with van der Waals surface area (Å²) in [4.78, 5) is 0.127. The lowest BCUT2D eigenvalue weighted by atomic mass is 10.3. The van der Waals surface area contributed by atoms with Gasteiger partial charge in [0.25, 0.3) is 10.0 Å². The average molecular weight is 335 g/mol. The maximum absolute atomic E-state index is 12.8. The van der Waals surface area contributed by atoms with E-state index in [9.17, 15) is 8.42 Å². The first-order valence-electron chi connectivity index (χ1n) is 6.84. The number of rotatable bonds is 3. The maximum atomic E-state index is 12.8. The first-order chi connectivity index (χ1) is 11.1. The zero-order valence-corrected chi connectivity index (χ0v) is 13.0. The molecular formula is C15H13NO6S. The molecule has 2 aromatic rings. The standard InChI is InChI=1S/C15H13NO6S/c1-16(10-2-4-12-14(6-10)21-8-19-12)23(17,18)11-3-5-13-15(7-11)22-9-20-13/h2-7H,8-9H2,1H3. The fraction of sp³-hybridized carbons (Fsp3) is 0.200. The number of nitrogens with zero attached hydrogens (tertiary/aromatic N) is 1. The third-order valence-corrected chi connectivity index (χ3v) is 5.50. The van der Waals surface area contributed by atoms with Crippen LogP contribution in [0, 0.1) is 0 Å². The van der Waals surface area contributed by atoms with Gasteiger partial charge in [-0.05, 0) is 24.3 Å². The van der Waals surface area contributed by atoms with Gasteiger partial charge in [0.2, 0.25) is 13.6 Å². The Morgan fingerprint density at radius 1 is 0.826 bits per heavy atom. The van der Waals surface area contributed by atoms with E-state index in [-0.39, 0.29) is 18.5 Å². The lowest BCUT2D eigenvalue weighted by Crippen LogP contribution is -2.26. The van der Waals surface area contributed by atoms with Gasteiger partial charge in [0, 0.05) is 19.2 Å². The molecule has 0 N–H and O–H groups in total. The van der Waals surface area contributed by atoms with Crippen LogP contribution in [0.5, 0.6) is 23.0 Å². The quantitative estimate of drug-likeness (QED) is 0.854. The number of sulfonamides is 1. The molecular weight excluding hydrogens is 322 g/mol. The minimum atomic E-state index is -3.73. The van der Waals surface area contributed by atoms with E-state index >= 15 is 0 Å². The van der Waals surface area contributed by atoms with Gasteiger partial charge in [0.05, 0.1) is 10.6 Å². The van der Waals surface area contributed by atoms with Crippen molar-refractivity contribution >= 4 is 15.7 Å². The average Bonchev–Trinajstić information content (AvgIpc) is 3.21. The molecule has 0 saturated carbocycles. The van der Waals surface area contributed by atoms with Gasteiger partial charge in [0.15, 0.2) is 23.0 Å². The maximum Gasteiger partial charge on any atom is 0.264 e. The summed E-state index contributed by atoms with van der Waals surface area (Å²) in [6.07, 6.45) is 0. The summed E-state index contributed by atoms with van der Waals surface area (Å²) in [6.45, 7) is 0.230. The summed E-state index contributed by atoms with van der Waals surface area (Å²) < 4.78 is 47.7. The Morgan fingerprint density at radius 3 is 2.09 bits per heavy atom. The molecule has 0 unspecified atom stereocenters. The third-order valence-electron chi connectivity index (χ3n) is 3.72. The van der Waals surface area contributed by atoms with Gasteiger partial charge in [-0.15, -0.1) is 0 Å². The molecule has 2 aliphatic heterocycles. The van der Waals surface area contributed by atoms with Crippen LogP contribution in [0.1, 0.15) is 0 Å². The number of ether oxygens (including phenoxy) is 4. The summed E-state index contributed by atoms with van der Waals surface area (Å²) in [7, 11) is -2.25. The van der Waals surface area contributed by atoms with Crippen LogP contribution in [0.3, 0.4) is 0 Å². The molecule has 0 aromatic heterocycles. The van der Waals surface area contributed by atoms with Gasteiger partial charge < -0.3 is 18.9 Å². The Hall–Kier alpha value is -2.61. The summed E-state index contributed by atoms with van der Waals surface area (Å²) in [5.41, 5.74) is 0.479. The minimum absolute atomic E-state index is 0.0941. The zero-order chi connectivity index (χ0) is 16.0. The molecule has 4 rings (SSSR count). The Balaban J connectivity index is 1.70. The SMILES string of the molecule is CN(c1ccc2c(c1)OCO2)S(=O)(=O)c1ccc2c(c1)OCO2. The van der Waals surface area contributed by atoms with Crippen LogP contribution in [0.25, 0.3) is 0 Å². The van der Waals surface area contributed by atoms with Gasteiger partial charge >= 0.3 is 0 Å². The molecule has 2 aliphatic rings. The van der Waals surface area contributed by atoms with Crippen molar-refractivity contribution in [1.82, 2.24) is 0 Å². The highest BCUT2D eigenvalue weighted by atomic mass is 32.2. The van der Waals surface area contributed by atoms with E-state index < -0.39 is 10.0 Å². The Kier molecular flexibility index (Phi) is 3.02. The Bertz CT molecular complexity index is 880. The lowest BCUT2D eigenvalue weighted by molar-refractivity contribution is 0.173. The zero-order valence-electron chi connectivity index (χ0n) is 12.2. The summed E-state index contributed by atoms with van der Waals surface area (Å²) in [6, 6.07) is 9.52. The highest BCUT2D eigenvalue weighted by Crippen LogP contribution is 2.38. The molecule has 120 valence electrons. The summed E-state index contributed by atoms with van der Waals surface area (Å²) in [5, 5.41) is 0. The molecule has 0 amide bonds. The molecule has 0 fully saturated rings. The van der Waals surface area contributed by atoms with Crippen molar-refractivity contribution in [2.24, 2.45) is 0 Å². The van der Waals surface area contributed by atoms with Crippen molar-refractivity contribution in [3.8, 4) is 23.0 Å². The van der Waals surface area contributed by atoms with Crippen LogP contribution >= 0.6 is 0 Å². The smallest absolute Gasteiger partial charge is 0.264 e. The molecule has 8 heteroatoms. The second-order valence-corrected chi connectivity index (χ2v) is 6.99. The van der Waals surface area contributed by atoms with Crippen LogP contribution < -0.4 is 23.3 Å². The van der Waals surface area contributed by atoms with Crippen LogP contribution in [-0.2, 0) is 10.0 Å². The van der Waals surface area contributed by atoms with Gasteiger partial charge in [-0.1, -0.05) is 0 Å². The van der Waals surface area contributed by atoms with E-state index in [0.717, 1.165) is 0 Å². The van der Waals surface area contributed by atoms with E-state index in [1.54, 1.807) is 24.3 Å². The summed E-state index contributed by atoms with van der Waals surface area (Å²) in [5.74, 6) is 2.08. The number of anilines is 1. The Morgan fingerprint density at radius 2 is 1.39 bits per heavy atom. The van der Waals surface area contributed by atoms with E-state index in [0.29, 0.717) is 28.7 Å². The van der Waals surface area contributed by atoms with Crippen molar-refractivity contribution in [2.75, 3.05) is 24.9 Å². The highest BCUT2D eigenvalue weighted by molar-refractivity contribution is 7.92. The first-order valence-corrected chi connectivity index (χ1v) is 8.28. The molecule has 2 heterocycles. The van der Waals surface area contributed by atoms with Gasteiger partial charge in [-0.2, -0.15) is 0 Å². The van der Waals surface area contributed by atoms with Crippen molar-refractivity contribution in [3.63, 3.8) is 0 Å². The van der Waals surface area contributed by atoms with E-state index in [1.165, 1.54) is 23.5 Å². The van der Waals surface area contributed by atoms with Gasteiger partial charge in [-0.3, -0.25) is 4.31 Å². The van der Waals surface area contributed by atoms with Crippen molar-refractivity contribution in [3.05, 3.63) is 36.4 Å². The second kappa shape index (κ2) is 4.95. The Labute approximate surface area is 133 Å². The topological polar surface area (TPSA) is 74.3 Å². The number of benzene rings is 2. The predicted molar refractivity (Wildman–Crippen MR) is 80.7 cm³/mol. The fourth-order valence-electron chi connectivity index (χ4n) is 2.42. The number of hydrogen-bond donors (Lipinski definition) is 0. The van der Waals surface area contributed by atoms with Crippen molar-refractivity contribution < 1.29 is 27.4 Å². The normalized spacial score (nSPS) is 14.8. The molecule has 0 radical (unpaired) electrons. The molecule has 7 nitrogen and oxygen atoms in total. The molecule has 0 bridgehead atoms. The van der Waals surface area contributed by atoms with Gasteiger partial charge in [-0.25, -0.2) is 8.42 Å². The van der Waals surface area contributed by atoms with Gasteiger partial charge in [0.1, 0.15) is 0 Å². The van der Waals surface area contributed by atoms with E-state index in [4.69, 9.17) is 18.9 Å². The largest absolute Gasteiger partial charge is 0.454 e. The van der Waals surface area contributed by atoms with Crippen molar-refractivity contribution in [1.29, 1.82) is 0 Å². The fourth-order valence-corrected chi connectivity index (χ4v) is 3.62. The molecule has 0 atom stereocenters. The summed E-state index contributed by atoms with van der Waals surface area (Å²) >= 11 is 0. The van der Waals surface area contributed by atoms with E-state index in [2.05, 4.69) is 0 Å². The van der Waals surface area contributed by atoms with Crippen LogP contribution in [0.15, 0.2) is 41.3 Å². The number of fused-ring (bicyclic) bond motifs is 2. The molecule has 0 aliphatic carbocycles. The highest BCUT2D eigenvalue weighted by Gasteiger charge is 2.26. The molecule has 23 heavy (non-hydrogen) atoms. The third kappa shape index (κ3) is 2.22. The minimum Gasteiger partial charge on any atom is -0.454 e. The number of hydrogen-bond acceptors (Lipinski definition) is 6. The predicted octanol–water partition coefficient (Wildman–Crippen LogP) is 1.97.